The largest absolute Gasteiger partial charge is 0.481 e. The van der Waals surface area contributed by atoms with E-state index in [4.69, 9.17) is 5.11 Å². The normalized spacial score (nSPS) is 10.0. The Morgan fingerprint density at radius 3 is 2.59 bits per heavy atom. The van der Waals surface area contributed by atoms with Crippen molar-refractivity contribution in [2.45, 2.75) is 25.7 Å². The molecular formula is C11H22N2O3S. The van der Waals surface area contributed by atoms with Gasteiger partial charge in [0.25, 0.3) is 0 Å². The molecule has 5 nitrogen and oxygen atoms in total. The SMILES string of the molecule is CSCCCCNC(=O)N(C)CCCC(=O)O. The Hall–Kier alpha value is -0.910. The van der Waals surface area contributed by atoms with Gasteiger partial charge in [-0.2, -0.15) is 11.8 Å². The number of urea groups is 1. The van der Waals surface area contributed by atoms with E-state index in [1.807, 2.05) is 0 Å². The predicted octanol–water partition coefficient (Wildman–Crippen LogP) is 1.64. The molecule has 0 spiro atoms. The van der Waals surface area contributed by atoms with Crippen LogP contribution >= 0.6 is 11.8 Å². The molecule has 0 bridgehead atoms. The zero-order valence-corrected chi connectivity index (χ0v) is 11.4. The van der Waals surface area contributed by atoms with Crippen LogP contribution in [0.2, 0.25) is 0 Å². The summed E-state index contributed by atoms with van der Waals surface area (Å²) in [6.45, 7) is 1.16. The third-order valence-electron chi connectivity index (χ3n) is 2.28. The zero-order valence-electron chi connectivity index (χ0n) is 10.6. The lowest BCUT2D eigenvalue weighted by atomic mass is 10.3. The molecule has 6 heteroatoms. The fourth-order valence-electron chi connectivity index (χ4n) is 1.27. The molecule has 0 heterocycles. The van der Waals surface area contributed by atoms with E-state index in [2.05, 4.69) is 11.6 Å². The van der Waals surface area contributed by atoms with Crippen molar-refractivity contribution in [3.8, 4) is 0 Å². The molecule has 0 rings (SSSR count). The van der Waals surface area contributed by atoms with Gasteiger partial charge in [0.05, 0.1) is 0 Å². The molecule has 0 radical (unpaired) electrons. The summed E-state index contributed by atoms with van der Waals surface area (Å²) in [6.07, 6.45) is 4.74. The van der Waals surface area contributed by atoms with Gasteiger partial charge in [-0.25, -0.2) is 4.79 Å². The van der Waals surface area contributed by atoms with Gasteiger partial charge in [0, 0.05) is 26.6 Å². The standard InChI is InChI=1S/C11H22N2O3S/c1-13(8-5-6-10(14)15)11(16)12-7-3-4-9-17-2/h3-9H2,1-2H3,(H,12,16)(H,14,15). The Kier molecular flexibility index (Phi) is 9.71. The van der Waals surface area contributed by atoms with Crippen molar-refractivity contribution in [2.75, 3.05) is 32.1 Å². The lowest BCUT2D eigenvalue weighted by Gasteiger charge is -2.17. The van der Waals surface area contributed by atoms with Crippen LogP contribution in [0, 0.1) is 0 Å². The second-order valence-electron chi connectivity index (χ2n) is 3.85. The van der Waals surface area contributed by atoms with Crippen molar-refractivity contribution in [2.24, 2.45) is 0 Å². The lowest BCUT2D eigenvalue weighted by Crippen LogP contribution is -2.38. The number of rotatable bonds is 9. The first-order valence-corrected chi connectivity index (χ1v) is 7.17. The van der Waals surface area contributed by atoms with E-state index in [1.54, 1.807) is 18.8 Å². The van der Waals surface area contributed by atoms with E-state index in [-0.39, 0.29) is 12.5 Å². The van der Waals surface area contributed by atoms with Crippen molar-refractivity contribution in [3.63, 3.8) is 0 Å². The number of carboxylic acid groups (broad SMARTS) is 1. The highest BCUT2D eigenvalue weighted by atomic mass is 32.2. The summed E-state index contributed by atoms with van der Waals surface area (Å²) in [6, 6.07) is -0.125. The van der Waals surface area contributed by atoms with Crippen LogP contribution < -0.4 is 5.32 Å². The van der Waals surface area contributed by atoms with Crippen molar-refractivity contribution in [1.82, 2.24) is 10.2 Å². The number of amides is 2. The first-order chi connectivity index (χ1) is 8.07. The maximum absolute atomic E-state index is 11.5. The summed E-state index contributed by atoms with van der Waals surface area (Å²) in [7, 11) is 1.68. The molecule has 0 atom stereocenters. The summed E-state index contributed by atoms with van der Waals surface area (Å²) in [5, 5.41) is 11.3. The number of hydrogen-bond donors (Lipinski definition) is 2. The maximum Gasteiger partial charge on any atom is 0.317 e. The minimum Gasteiger partial charge on any atom is -0.481 e. The van der Waals surface area contributed by atoms with Crippen LogP contribution in [0.1, 0.15) is 25.7 Å². The summed E-state index contributed by atoms with van der Waals surface area (Å²) in [5.41, 5.74) is 0. The molecule has 0 aromatic carbocycles. The molecular weight excluding hydrogens is 240 g/mol. The lowest BCUT2D eigenvalue weighted by molar-refractivity contribution is -0.137. The van der Waals surface area contributed by atoms with Crippen molar-refractivity contribution in [3.05, 3.63) is 0 Å². The molecule has 0 aliphatic carbocycles. The summed E-state index contributed by atoms with van der Waals surface area (Å²) < 4.78 is 0. The predicted molar refractivity (Wildman–Crippen MR) is 70.5 cm³/mol. The highest BCUT2D eigenvalue weighted by Gasteiger charge is 2.07. The van der Waals surface area contributed by atoms with Crippen LogP contribution in [-0.2, 0) is 4.79 Å². The topological polar surface area (TPSA) is 69.6 Å². The van der Waals surface area contributed by atoms with E-state index >= 15 is 0 Å². The average molecular weight is 262 g/mol. The second kappa shape index (κ2) is 10.3. The number of nitrogens with zero attached hydrogens (tertiary/aromatic N) is 1. The molecule has 2 amide bonds. The van der Waals surface area contributed by atoms with Gasteiger partial charge in [-0.3, -0.25) is 4.79 Å². The Balaban J connectivity index is 3.50. The van der Waals surface area contributed by atoms with Crippen molar-refractivity contribution in [1.29, 1.82) is 0 Å². The summed E-state index contributed by atoms with van der Waals surface area (Å²) in [5.74, 6) is 0.292. The van der Waals surface area contributed by atoms with E-state index in [9.17, 15) is 9.59 Å². The maximum atomic E-state index is 11.5. The Morgan fingerprint density at radius 1 is 1.29 bits per heavy atom. The van der Waals surface area contributed by atoms with Crippen LogP contribution in [0.3, 0.4) is 0 Å². The third kappa shape index (κ3) is 9.99. The van der Waals surface area contributed by atoms with Crippen LogP contribution in [-0.4, -0.2) is 54.2 Å². The first-order valence-electron chi connectivity index (χ1n) is 5.77. The van der Waals surface area contributed by atoms with Crippen LogP contribution in [0.15, 0.2) is 0 Å². The van der Waals surface area contributed by atoms with Gasteiger partial charge in [0.2, 0.25) is 0 Å². The Labute approximate surface area is 107 Å². The zero-order chi connectivity index (χ0) is 13.1. The van der Waals surface area contributed by atoms with Gasteiger partial charge < -0.3 is 15.3 Å². The number of carbonyl (C=O) groups is 2. The molecule has 0 fully saturated rings. The molecule has 0 aliphatic rings. The van der Waals surface area contributed by atoms with Gasteiger partial charge in [-0.15, -0.1) is 0 Å². The molecule has 100 valence electrons. The van der Waals surface area contributed by atoms with E-state index in [0.29, 0.717) is 19.5 Å². The van der Waals surface area contributed by atoms with E-state index in [0.717, 1.165) is 18.6 Å². The van der Waals surface area contributed by atoms with Gasteiger partial charge in [0.1, 0.15) is 0 Å². The molecule has 0 aromatic heterocycles. The van der Waals surface area contributed by atoms with Gasteiger partial charge >= 0.3 is 12.0 Å². The quantitative estimate of drug-likeness (QED) is 0.620. The molecule has 0 saturated carbocycles. The number of hydrogen-bond acceptors (Lipinski definition) is 3. The van der Waals surface area contributed by atoms with Crippen LogP contribution in [0.5, 0.6) is 0 Å². The average Bonchev–Trinajstić information content (AvgIpc) is 2.27. The van der Waals surface area contributed by atoms with Crippen molar-refractivity contribution < 1.29 is 14.7 Å². The van der Waals surface area contributed by atoms with Crippen LogP contribution in [0.25, 0.3) is 0 Å². The van der Waals surface area contributed by atoms with Crippen molar-refractivity contribution >= 4 is 23.8 Å². The molecule has 2 N–H and O–H groups in total. The van der Waals surface area contributed by atoms with Gasteiger partial charge in [-0.1, -0.05) is 0 Å². The number of unbranched alkanes of at least 4 members (excludes halogenated alkanes) is 1. The summed E-state index contributed by atoms with van der Waals surface area (Å²) >= 11 is 1.80. The fourth-order valence-corrected chi connectivity index (χ4v) is 1.76. The molecule has 0 unspecified atom stereocenters. The van der Waals surface area contributed by atoms with Crippen LogP contribution in [0.4, 0.5) is 4.79 Å². The first kappa shape index (κ1) is 16.1. The Bertz CT molecular complexity index is 237. The third-order valence-corrected chi connectivity index (χ3v) is 2.98. The molecule has 0 aliphatic heterocycles. The van der Waals surface area contributed by atoms with E-state index in [1.165, 1.54) is 4.90 Å². The van der Waals surface area contributed by atoms with Gasteiger partial charge in [0.15, 0.2) is 0 Å². The number of nitrogens with one attached hydrogen (secondary N) is 1. The number of carbonyl (C=O) groups excluding carboxylic acids is 1. The van der Waals surface area contributed by atoms with E-state index < -0.39 is 5.97 Å². The fraction of sp³-hybridized carbons (Fsp3) is 0.818. The highest BCUT2D eigenvalue weighted by molar-refractivity contribution is 7.98. The van der Waals surface area contributed by atoms with Gasteiger partial charge in [-0.05, 0) is 31.3 Å². The monoisotopic (exact) mass is 262 g/mol. The number of aliphatic carboxylic acids is 1. The molecule has 0 saturated heterocycles. The second-order valence-corrected chi connectivity index (χ2v) is 4.84. The number of thioether (sulfide) groups is 1. The molecule has 0 aromatic rings. The number of carboxylic acids is 1. The minimum atomic E-state index is -0.823. The highest BCUT2D eigenvalue weighted by Crippen LogP contribution is 1.98. The smallest absolute Gasteiger partial charge is 0.317 e. The minimum absolute atomic E-state index is 0.103. The Morgan fingerprint density at radius 2 is 2.00 bits per heavy atom. The molecule has 17 heavy (non-hydrogen) atoms. The summed E-state index contributed by atoms with van der Waals surface area (Å²) in [4.78, 5) is 23.3.